The van der Waals surface area contributed by atoms with Crippen LogP contribution < -0.4 is 5.32 Å². The molecule has 2 unspecified atom stereocenters. The Bertz CT molecular complexity index is 269. The molecule has 2 atom stereocenters. The maximum absolute atomic E-state index is 11.0. The van der Waals surface area contributed by atoms with Gasteiger partial charge in [-0.05, 0) is 19.8 Å². The van der Waals surface area contributed by atoms with Crippen LogP contribution in [0.2, 0.25) is 0 Å². The minimum Gasteiger partial charge on any atom is -0.479 e. The van der Waals surface area contributed by atoms with Crippen LogP contribution in [0.3, 0.4) is 0 Å². The molecule has 1 heterocycles. The van der Waals surface area contributed by atoms with Gasteiger partial charge in [0.2, 0.25) is 0 Å². The van der Waals surface area contributed by atoms with Gasteiger partial charge in [-0.2, -0.15) is 0 Å². The van der Waals surface area contributed by atoms with Gasteiger partial charge in [-0.15, -0.1) is 0 Å². The number of carboxylic acids is 1. The largest absolute Gasteiger partial charge is 0.479 e. The predicted molar refractivity (Wildman–Crippen MR) is 59.7 cm³/mol. The Morgan fingerprint density at radius 3 is 2.82 bits per heavy atom. The molecule has 1 rings (SSSR count). The maximum Gasteiger partial charge on any atom is 0.332 e. The first-order chi connectivity index (χ1) is 8.13. The highest BCUT2D eigenvalue weighted by Gasteiger charge is 2.29. The van der Waals surface area contributed by atoms with Gasteiger partial charge in [0, 0.05) is 13.1 Å². The van der Waals surface area contributed by atoms with E-state index >= 15 is 0 Å². The summed E-state index contributed by atoms with van der Waals surface area (Å²) in [6, 6.07) is 0. The molecule has 0 aromatic heterocycles. The third-order valence-corrected chi connectivity index (χ3v) is 2.57. The fourth-order valence-electron chi connectivity index (χ4n) is 1.72. The van der Waals surface area contributed by atoms with Crippen LogP contribution in [-0.2, 0) is 19.1 Å². The lowest BCUT2D eigenvalue weighted by Gasteiger charge is -2.11. The zero-order chi connectivity index (χ0) is 12.7. The van der Waals surface area contributed by atoms with E-state index in [4.69, 9.17) is 14.6 Å². The number of hydrogen-bond acceptors (Lipinski definition) is 5. The normalized spacial score (nSPS) is 23.6. The molecule has 0 aromatic carbocycles. The van der Waals surface area contributed by atoms with Crippen LogP contribution in [0.4, 0.5) is 0 Å². The molecule has 1 fully saturated rings. The summed E-state index contributed by atoms with van der Waals surface area (Å²) in [5, 5.41) is 11.8. The number of nitrogens with one attached hydrogen (secondary N) is 1. The molecule has 0 spiro atoms. The molecule has 1 aliphatic heterocycles. The van der Waals surface area contributed by atoms with Crippen molar-refractivity contribution in [2.24, 2.45) is 0 Å². The first-order valence-electron chi connectivity index (χ1n) is 5.88. The topological polar surface area (TPSA) is 84.9 Å². The number of hydrogen-bond donors (Lipinski definition) is 2. The maximum atomic E-state index is 11.0. The summed E-state index contributed by atoms with van der Waals surface area (Å²) in [7, 11) is 0. The Kier molecular flexibility index (Phi) is 5.93. The Labute approximate surface area is 100 Å². The lowest BCUT2D eigenvalue weighted by atomic mass is 10.2. The average molecular weight is 245 g/mol. The summed E-state index contributed by atoms with van der Waals surface area (Å²) in [4.78, 5) is 21.6. The molecule has 1 saturated heterocycles. The van der Waals surface area contributed by atoms with Gasteiger partial charge >= 0.3 is 11.9 Å². The van der Waals surface area contributed by atoms with Crippen LogP contribution in [0.1, 0.15) is 26.2 Å². The van der Waals surface area contributed by atoms with Gasteiger partial charge in [-0.25, -0.2) is 4.79 Å². The molecule has 0 bridgehead atoms. The molecule has 0 aliphatic carbocycles. The molecule has 6 nitrogen and oxygen atoms in total. The van der Waals surface area contributed by atoms with E-state index in [9.17, 15) is 9.59 Å². The van der Waals surface area contributed by atoms with Crippen LogP contribution in [0.25, 0.3) is 0 Å². The number of carbonyl (C=O) groups is 2. The number of carbonyl (C=O) groups excluding carboxylic acids is 1. The number of ether oxygens (including phenoxy) is 2. The first-order valence-corrected chi connectivity index (χ1v) is 5.88. The summed E-state index contributed by atoms with van der Waals surface area (Å²) >= 11 is 0. The van der Waals surface area contributed by atoms with Crippen molar-refractivity contribution in [3.05, 3.63) is 0 Å². The monoisotopic (exact) mass is 245 g/mol. The Balaban J connectivity index is 2.04. The second-order valence-electron chi connectivity index (χ2n) is 3.92. The zero-order valence-corrected chi connectivity index (χ0v) is 9.98. The van der Waals surface area contributed by atoms with Crippen LogP contribution >= 0.6 is 0 Å². The fourth-order valence-corrected chi connectivity index (χ4v) is 1.72. The van der Waals surface area contributed by atoms with Gasteiger partial charge in [0.1, 0.15) is 0 Å². The van der Waals surface area contributed by atoms with Crippen molar-refractivity contribution in [1.82, 2.24) is 5.32 Å². The van der Waals surface area contributed by atoms with Crippen LogP contribution in [0, 0.1) is 0 Å². The highest BCUT2D eigenvalue weighted by atomic mass is 16.5. The van der Waals surface area contributed by atoms with Gasteiger partial charge in [0.05, 0.1) is 19.1 Å². The van der Waals surface area contributed by atoms with Crippen molar-refractivity contribution in [2.75, 3.05) is 19.7 Å². The van der Waals surface area contributed by atoms with Crippen molar-refractivity contribution in [3.63, 3.8) is 0 Å². The van der Waals surface area contributed by atoms with E-state index in [1.807, 2.05) is 0 Å². The van der Waals surface area contributed by atoms with Gasteiger partial charge in [0.25, 0.3) is 0 Å². The Hall–Kier alpha value is -1.14. The van der Waals surface area contributed by atoms with E-state index in [1.54, 1.807) is 6.92 Å². The molecule has 0 saturated carbocycles. The fraction of sp³-hybridized carbons (Fsp3) is 0.818. The van der Waals surface area contributed by atoms with E-state index in [0.717, 1.165) is 6.42 Å². The van der Waals surface area contributed by atoms with Gasteiger partial charge in [0.15, 0.2) is 6.10 Å². The smallest absolute Gasteiger partial charge is 0.332 e. The molecule has 0 amide bonds. The minimum atomic E-state index is -0.904. The third-order valence-electron chi connectivity index (χ3n) is 2.57. The van der Waals surface area contributed by atoms with E-state index in [1.165, 1.54) is 0 Å². The summed E-state index contributed by atoms with van der Waals surface area (Å²) in [6.45, 7) is 3.26. The summed E-state index contributed by atoms with van der Waals surface area (Å²) < 4.78 is 10.1. The van der Waals surface area contributed by atoms with Crippen LogP contribution in [0.5, 0.6) is 0 Å². The second-order valence-corrected chi connectivity index (χ2v) is 3.92. The molecule has 0 aromatic rings. The second kappa shape index (κ2) is 7.24. The van der Waals surface area contributed by atoms with Gasteiger partial charge < -0.3 is 19.9 Å². The Morgan fingerprint density at radius 2 is 2.24 bits per heavy atom. The highest BCUT2D eigenvalue weighted by Crippen LogP contribution is 2.19. The molecular weight excluding hydrogens is 226 g/mol. The Morgan fingerprint density at radius 1 is 1.47 bits per heavy atom. The number of rotatable bonds is 7. The molecule has 2 N–H and O–H groups in total. The molecule has 6 heteroatoms. The van der Waals surface area contributed by atoms with Gasteiger partial charge in [-0.3, -0.25) is 4.79 Å². The predicted octanol–water partition coefficient (Wildman–Crippen LogP) is 0.161. The van der Waals surface area contributed by atoms with Crippen molar-refractivity contribution in [1.29, 1.82) is 0 Å². The molecule has 98 valence electrons. The van der Waals surface area contributed by atoms with E-state index < -0.39 is 12.1 Å². The molecule has 1 aliphatic rings. The van der Waals surface area contributed by atoms with Crippen LogP contribution in [0.15, 0.2) is 0 Å². The highest BCUT2D eigenvalue weighted by molar-refractivity contribution is 5.72. The van der Waals surface area contributed by atoms with Gasteiger partial charge in [-0.1, -0.05) is 0 Å². The van der Waals surface area contributed by atoms with Crippen molar-refractivity contribution in [2.45, 2.75) is 38.4 Å². The number of aliphatic carboxylic acids is 1. The third kappa shape index (κ3) is 5.14. The molecule has 17 heavy (non-hydrogen) atoms. The number of carboxylic acid groups (broad SMARTS) is 1. The average Bonchev–Trinajstić information content (AvgIpc) is 2.73. The summed E-state index contributed by atoms with van der Waals surface area (Å²) in [5.41, 5.74) is 0. The van der Waals surface area contributed by atoms with Crippen molar-refractivity contribution in [3.8, 4) is 0 Å². The van der Waals surface area contributed by atoms with E-state index in [-0.39, 0.29) is 12.1 Å². The standard InChI is InChI=1S/C11H19NO5/c1-2-16-10(13)5-6-12-7-8-3-4-9(17-8)11(14)15/h8-9,12H,2-7H2,1H3,(H,14,15). The number of esters is 1. The first kappa shape index (κ1) is 13.9. The summed E-state index contributed by atoms with van der Waals surface area (Å²) in [5.74, 6) is -1.13. The SMILES string of the molecule is CCOC(=O)CCNCC1CCC(C(=O)O)O1. The van der Waals surface area contributed by atoms with Crippen molar-refractivity contribution >= 4 is 11.9 Å². The lowest BCUT2D eigenvalue weighted by Crippen LogP contribution is -2.30. The quantitative estimate of drug-likeness (QED) is 0.491. The van der Waals surface area contributed by atoms with Crippen LogP contribution in [-0.4, -0.2) is 48.9 Å². The van der Waals surface area contributed by atoms with Crippen molar-refractivity contribution < 1.29 is 24.2 Å². The molecule has 0 radical (unpaired) electrons. The zero-order valence-electron chi connectivity index (χ0n) is 9.98. The van der Waals surface area contributed by atoms with E-state index in [0.29, 0.717) is 32.5 Å². The van der Waals surface area contributed by atoms with E-state index in [2.05, 4.69) is 5.32 Å². The molecular formula is C11H19NO5. The lowest BCUT2D eigenvalue weighted by molar-refractivity contribution is -0.149. The summed E-state index contributed by atoms with van der Waals surface area (Å²) in [6.07, 6.45) is 0.872. The minimum absolute atomic E-state index is 0.0710.